The van der Waals surface area contributed by atoms with Crippen molar-refractivity contribution in [3.63, 3.8) is 0 Å². The van der Waals surface area contributed by atoms with Crippen LogP contribution in [-0.4, -0.2) is 71.5 Å². The molecule has 0 bridgehead atoms. The zero-order valence-electron chi connectivity index (χ0n) is 17.3. The van der Waals surface area contributed by atoms with Crippen molar-refractivity contribution < 1.29 is 9.59 Å². The van der Waals surface area contributed by atoms with Gasteiger partial charge in [-0.2, -0.15) is 0 Å². The van der Waals surface area contributed by atoms with Gasteiger partial charge in [0.25, 0.3) is 5.91 Å². The highest BCUT2D eigenvalue weighted by Crippen LogP contribution is 2.35. The molecule has 0 radical (unpaired) electrons. The van der Waals surface area contributed by atoms with Crippen molar-refractivity contribution in [3.8, 4) is 0 Å². The van der Waals surface area contributed by atoms with Crippen molar-refractivity contribution in [3.05, 3.63) is 29.3 Å². The Kier molecular flexibility index (Phi) is 4.56. The van der Waals surface area contributed by atoms with Crippen LogP contribution in [0.1, 0.15) is 31.4 Å². The van der Waals surface area contributed by atoms with E-state index in [0.717, 1.165) is 31.2 Å². The minimum atomic E-state index is -0.446. The molecular formula is C21H29N5O2. The molecule has 0 spiro atoms. The number of amides is 3. The highest BCUT2D eigenvalue weighted by molar-refractivity contribution is 6.08. The summed E-state index contributed by atoms with van der Waals surface area (Å²) < 4.78 is 0. The van der Waals surface area contributed by atoms with Crippen LogP contribution in [0.15, 0.2) is 23.2 Å². The van der Waals surface area contributed by atoms with E-state index in [1.807, 2.05) is 0 Å². The molecule has 3 heterocycles. The van der Waals surface area contributed by atoms with Gasteiger partial charge in [0.15, 0.2) is 12.2 Å². The molecular weight excluding hydrogens is 354 g/mol. The molecule has 3 aliphatic heterocycles. The van der Waals surface area contributed by atoms with E-state index in [2.05, 4.69) is 55.7 Å². The van der Waals surface area contributed by atoms with Crippen molar-refractivity contribution in [1.82, 2.24) is 14.7 Å². The number of rotatable bonds is 4. The monoisotopic (exact) mass is 383 g/mol. The molecule has 3 amide bonds. The summed E-state index contributed by atoms with van der Waals surface area (Å²) in [6.07, 6.45) is 0.364. The third kappa shape index (κ3) is 2.75. The maximum absolute atomic E-state index is 13.2. The Morgan fingerprint density at radius 3 is 2.64 bits per heavy atom. The summed E-state index contributed by atoms with van der Waals surface area (Å²) in [5, 5.41) is 0. The summed E-state index contributed by atoms with van der Waals surface area (Å²) in [5.74, 6) is 1.13. The number of hydrogen-bond acceptors (Lipinski definition) is 5. The smallest absolute Gasteiger partial charge is 0.325 e. The van der Waals surface area contributed by atoms with E-state index < -0.39 is 12.2 Å². The summed E-state index contributed by atoms with van der Waals surface area (Å²) >= 11 is 0. The van der Waals surface area contributed by atoms with E-state index >= 15 is 0 Å². The predicted molar refractivity (Wildman–Crippen MR) is 109 cm³/mol. The Bertz CT molecular complexity index is 849. The second kappa shape index (κ2) is 6.79. The summed E-state index contributed by atoms with van der Waals surface area (Å²) in [6.45, 7) is 10.4. The molecule has 4 rings (SSSR count). The highest BCUT2D eigenvalue weighted by atomic mass is 16.2. The molecule has 0 saturated carbocycles. The van der Waals surface area contributed by atoms with Gasteiger partial charge < -0.3 is 14.7 Å². The lowest BCUT2D eigenvalue weighted by atomic mass is 10.1. The zero-order valence-corrected chi connectivity index (χ0v) is 17.3. The van der Waals surface area contributed by atoms with Gasteiger partial charge in [-0.1, -0.05) is 26.0 Å². The van der Waals surface area contributed by atoms with Crippen LogP contribution in [0, 0.1) is 19.8 Å². The fraction of sp³-hybridized carbons (Fsp3) is 0.571. The molecule has 2 atom stereocenters. The van der Waals surface area contributed by atoms with Crippen LogP contribution in [-0.2, 0) is 4.79 Å². The second-order valence-electron chi connectivity index (χ2n) is 8.42. The summed E-state index contributed by atoms with van der Waals surface area (Å²) in [4.78, 5) is 38.2. The first kappa shape index (κ1) is 18.8. The summed E-state index contributed by atoms with van der Waals surface area (Å²) in [5.41, 5.74) is 3.57. The van der Waals surface area contributed by atoms with Crippen molar-refractivity contribution in [1.29, 1.82) is 0 Å². The number of aliphatic imine (C=N–C) groups is 1. The average molecular weight is 383 g/mol. The Labute approximate surface area is 166 Å². The molecule has 0 N–H and O–H groups in total. The number of likely N-dealkylation sites (N-methyl/N-ethyl adjacent to an activating group) is 1. The van der Waals surface area contributed by atoms with E-state index in [1.165, 1.54) is 16.0 Å². The lowest BCUT2D eigenvalue weighted by molar-refractivity contribution is -0.137. The standard InChI is InChI=1S/C21H29N5O2/c1-13(2)9-10-26-19(27)17-18(23(5)21(26)28)22-20-24(11-12-25(17)20)16-8-6-7-14(3)15(16)4/h6-8,13,17-18H,9-12H2,1-5H3. The van der Waals surface area contributed by atoms with E-state index in [9.17, 15) is 9.59 Å². The Hall–Kier alpha value is -2.57. The van der Waals surface area contributed by atoms with Gasteiger partial charge in [-0.05, 0) is 43.4 Å². The van der Waals surface area contributed by atoms with Crippen LogP contribution in [0.25, 0.3) is 0 Å². The number of imide groups is 1. The van der Waals surface area contributed by atoms with Crippen LogP contribution in [0.5, 0.6) is 0 Å². The van der Waals surface area contributed by atoms with Gasteiger partial charge in [0.05, 0.1) is 0 Å². The van der Waals surface area contributed by atoms with Gasteiger partial charge in [-0.25, -0.2) is 9.79 Å². The maximum atomic E-state index is 13.2. The van der Waals surface area contributed by atoms with Crippen LogP contribution in [0.3, 0.4) is 0 Å². The van der Waals surface area contributed by atoms with Crippen molar-refractivity contribution in [2.75, 3.05) is 31.6 Å². The third-order valence-corrected chi connectivity index (χ3v) is 6.17. The van der Waals surface area contributed by atoms with Crippen LogP contribution in [0.2, 0.25) is 0 Å². The van der Waals surface area contributed by atoms with Gasteiger partial charge in [-0.15, -0.1) is 0 Å². The van der Waals surface area contributed by atoms with E-state index in [0.29, 0.717) is 12.5 Å². The number of carbonyl (C=O) groups is 2. The van der Waals surface area contributed by atoms with Crippen LogP contribution in [0.4, 0.5) is 10.5 Å². The highest BCUT2D eigenvalue weighted by Gasteiger charge is 2.54. The van der Waals surface area contributed by atoms with Gasteiger partial charge in [0.2, 0.25) is 5.96 Å². The largest absolute Gasteiger partial charge is 0.328 e. The first-order valence-electron chi connectivity index (χ1n) is 10.1. The Morgan fingerprint density at radius 1 is 1.18 bits per heavy atom. The number of aryl methyl sites for hydroxylation is 1. The van der Waals surface area contributed by atoms with Crippen molar-refractivity contribution in [2.24, 2.45) is 10.9 Å². The average Bonchev–Trinajstić information content (AvgIpc) is 3.21. The lowest BCUT2D eigenvalue weighted by Crippen LogP contribution is -2.64. The fourth-order valence-corrected chi connectivity index (χ4v) is 4.29. The van der Waals surface area contributed by atoms with Crippen LogP contribution >= 0.6 is 0 Å². The van der Waals surface area contributed by atoms with Crippen molar-refractivity contribution >= 4 is 23.6 Å². The summed E-state index contributed by atoms with van der Waals surface area (Å²) in [6, 6.07) is 5.60. The number of fused-ring (bicyclic) bond motifs is 3. The van der Waals surface area contributed by atoms with E-state index in [-0.39, 0.29) is 11.9 Å². The molecule has 1 aromatic rings. The minimum absolute atomic E-state index is 0.115. The normalized spacial score (nSPS) is 24.3. The number of hydrogen-bond donors (Lipinski definition) is 0. The molecule has 7 heteroatoms. The van der Waals surface area contributed by atoms with Gasteiger partial charge in [-0.3, -0.25) is 9.69 Å². The lowest BCUT2D eigenvalue weighted by Gasteiger charge is -2.40. The molecule has 1 aromatic carbocycles. The Balaban J connectivity index is 1.64. The molecule has 0 aromatic heterocycles. The van der Waals surface area contributed by atoms with Gasteiger partial charge in [0.1, 0.15) is 0 Å². The topological polar surface area (TPSA) is 59.5 Å². The molecule has 150 valence electrons. The number of nitrogens with zero attached hydrogens (tertiary/aromatic N) is 5. The first-order chi connectivity index (χ1) is 13.3. The minimum Gasteiger partial charge on any atom is -0.325 e. The van der Waals surface area contributed by atoms with E-state index in [1.54, 1.807) is 11.9 Å². The molecule has 3 aliphatic rings. The Morgan fingerprint density at radius 2 is 1.93 bits per heavy atom. The van der Waals surface area contributed by atoms with Crippen molar-refractivity contribution in [2.45, 2.75) is 46.3 Å². The fourth-order valence-electron chi connectivity index (χ4n) is 4.29. The number of benzene rings is 1. The second-order valence-corrected chi connectivity index (χ2v) is 8.42. The van der Waals surface area contributed by atoms with E-state index in [4.69, 9.17) is 4.99 Å². The SMILES string of the molecule is Cc1cccc(N2CCN3C2=NC2C3C(=O)N(CCC(C)C)C(=O)N2C)c1C. The number of anilines is 1. The maximum Gasteiger partial charge on any atom is 0.328 e. The quantitative estimate of drug-likeness (QED) is 0.801. The van der Waals surface area contributed by atoms with Crippen LogP contribution < -0.4 is 4.90 Å². The van der Waals surface area contributed by atoms with Gasteiger partial charge in [0, 0.05) is 32.4 Å². The summed E-state index contributed by atoms with van der Waals surface area (Å²) in [7, 11) is 1.75. The number of carbonyl (C=O) groups excluding carboxylic acids is 2. The molecule has 2 unspecified atom stereocenters. The zero-order chi connectivity index (χ0) is 20.2. The predicted octanol–water partition coefficient (Wildman–Crippen LogP) is 2.43. The first-order valence-corrected chi connectivity index (χ1v) is 10.1. The molecule has 2 fully saturated rings. The third-order valence-electron chi connectivity index (χ3n) is 6.17. The molecule has 7 nitrogen and oxygen atoms in total. The molecule has 0 aliphatic carbocycles. The number of urea groups is 1. The van der Waals surface area contributed by atoms with Gasteiger partial charge >= 0.3 is 6.03 Å². The molecule has 28 heavy (non-hydrogen) atoms. The molecule has 2 saturated heterocycles. The number of guanidine groups is 1.